The van der Waals surface area contributed by atoms with Crippen LogP contribution in [0.1, 0.15) is 24.6 Å². The summed E-state index contributed by atoms with van der Waals surface area (Å²) in [5.74, 6) is -1.56. The average Bonchev–Trinajstić information content (AvgIpc) is 3.65. The quantitative estimate of drug-likeness (QED) is 0.0786. The lowest BCUT2D eigenvalue weighted by molar-refractivity contribution is -0.130. The number of phenolic OH excluding ortho intramolecular Hbond substituents is 1. The molecule has 0 bridgehead atoms. The first-order valence-electron chi connectivity index (χ1n) is 18.5. The third-order valence-corrected chi connectivity index (χ3v) is 11.0. The molecule has 3 heterocycles. The lowest BCUT2D eigenvalue weighted by Crippen LogP contribution is -2.48. The maximum Gasteiger partial charge on any atom is 0.225 e. The molecular weight excluding hydrogens is 794 g/mol. The van der Waals surface area contributed by atoms with E-state index >= 15 is 4.39 Å². The summed E-state index contributed by atoms with van der Waals surface area (Å²) in [6.45, 7) is 6.58. The molecule has 0 spiro atoms. The van der Waals surface area contributed by atoms with Gasteiger partial charge in [0.25, 0.3) is 0 Å². The first kappa shape index (κ1) is 42.0. The molecule has 3 aromatic carbocycles. The van der Waals surface area contributed by atoms with E-state index in [1.54, 1.807) is 17.5 Å². The summed E-state index contributed by atoms with van der Waals surface area (Å²) in [6, 6.07) is 10.9. The van der Waals surface area contributed by atoms with Crippen LogP contribution < -0.4 is 20.3 Å². The van der Waals surface area contributed by atoms with Crippen molar-refractivity contribution in [2.45, 2.75) is 26.8 Å². The molecule has 5 aromatic rings. The average molecular weight is 837 g/mol. The number of likely N-dealkylation sites (N-methyl/N-ethyl adjacent to an activating group) is 1. The van der Waals surface area contributed by atoms with Gasteiger partial charge in [0.2, 0.25) is 24.2 Å². The molecule has 2 aromatic heterocycles. The van der Waals surface area contributed by atoms with Gasteiger partial charge in [0.15, 0.2) is 5.82 Å². The number of thiazole rings is 1. The summed E-state index contributed by atoms with van der Waals surface area (Å²) >= 11 is 8.09. The van der Waals surface area contributed by atoms with Gasteiger partial charge in [0.1, 0.15) is 35.3 Å². The highest BCUT2D eigenvalue weighted by molar-refractivity contribution is 7.13. The molecule has 18 heteroatoms. The van der Waals surface area contributed by atoms with E-state index in [2.05, 4.69) is 25.6 Å². The number of phenols is 1. The van der Waals surface area contributed by atoms with E-state index in [4.69, 9.17) is 21.1 Å². The van der Waals surface area contributed by atoms with Crippen LogP contribution in [-0.4, -0.2) is 114 Å². The number of rotatable bonds is 17. The fourth-order valence-corrected chi connectivity index (χ4v) is 7.63. The number of carbonyl (C=O) groups excluding carboxylic acids is 3. The Kier molecular flexibility index (Phi) is 13.9. The number of fused-ring (bicyclic) bond motifs is 1. The Morgan fingerprint density at radius 2 is 1.86 bits per heavy atom. The lowest BCUT2D eigenvalue weighted by atomic mass is 10.0. The van der Waals surface area contributed by atoms with Gasteiger partial charge in [0.05, 0.1) is 39.9 Å². The van der Waals surface area contributed by atoms with Gasteiger partial charge in [-0.3, -0.25) is 14.4 Å². The molecule has 1 aliphatic heterocycles. The molecule has 1 aliphatic rings. The van der Waals surface area contributed by atoms with E-state index in [9.17, 15) is 23.9 Å². The largest absolute Gasteiger partial charge is 0.507 e. The number of amides is 3. The van der Waals surface area contributed by atoms with Crippen LogP contribution in [0.25, 0.3) is 32.5 Å². The fraction of sp³-hybridized carbons (Fsp3) is 0.350. The van der Waals surface area contributed by atoms with E-state index in [1.807, 2.05) is 30.0 Å². The second-order valence-electron chi connectivity index (χ2n) is 13.5. The van der Waals surface area contributed by atoms with Gasteiger partial charge < -0.3 is 39.9 Å². The molecule has 0 atom stereocenters. The Labute approximate surface area is 342 Å². The minimum absolute atomic E-state index is 0.0260. The topological polar surface area (TPSA) is 162 Å². The van der Waals surface area contributed by atoms with Gasteiger partial charge in [-0.15, -0.1) is 11.3 Å². The molecule has 6 rings (SSSR count). The SMILES string of the molecule is CC(=O)N1CCN(c2nc(NCCC(=O)N(C)CCOCCOc3cc(-c4scnc4C)ccc3CNC=O)nc3c(F)c(-c4c(O)cccc4F)c(Cl)cc23)CC1. The zero-order chi connectivity index (χ0) is 41.3. The van der Waals surface area contributed by atoms with Crippen molar-refractivity contribution < 1.29 is 37.7 Å². The first-order valence-corrected chi connectivity index (χ1v) is 19.8. The van der Waals surface area contributed by atoms with Crippen molar-refractivity contribution >= 4 is 63.8 Å². The van der Waals surface area contributed by atoms with Crippen LogP contribution in [0.3, 0.4) is 0 Å². The van der Waals surface area contributed by atoms with Crippen molar-refractivity contribution in [3.05, 3.63) is 75.9 Å². The summed E-state index contributed by atoms with van der Waals surface area (Å²) < 4.78 is 43.1. The number of nitrogens with zero attached hydrogens (tertiary/aromatic N) is 6. The highest BCUT2D eigenvalue weighted by Gasteiger charge is 2.27. The van der Waals surface area contributed by atoms with Crippen LogP contribution in [0.5, 0.6) is 11.5 Å². The van der Waals surface area contributed by atoms with Crippen molar-refractivity contribution in [3.63, 3.8) is 0 Å². The normalized spacial score (nSPS) is 12.8. The van der Waals surface area contributed by atoms with E-state index in [1.165, 1.54) is 41.4 Å². The molecule has 0 aliphatic carbocycles. The number of ether oxygens (including phenoxy) is 2. The van der Waals surface area contributed by atoms with Gasteiger partial charge in [-0.25, -0.2) is 18.7 Å². The number of hydrogen-bond donors (Lipinski definition) is 3. The third kappa shape index (κ3) is 9.71. The number of aromatic hydroxyl groups is 1. The Morgan fingerprint density at radius 3 is 2.57 bits per heavy atom. The Balaban J connectivity index is 1.07. The van der Waals surface area contributed by atoms with Crippen LogP contribution in [0.15, 0.2) is 48.0 Å². The number of piperazine rings is 1. The number of benzene rings is 3. The number of halogens is 3. The van der Waals surface area contributed by atoms with Crippen molar-refractivity contribution in [1.29, 1.82) is 0 Å². The predicted octanol–water partition coefficient (Wildman–Crippen LogP) is 5.64. The van der Waals surface area contributed by atoms with Crippen molar-refractivity contribution in [3.8, 4) is 33.1 Å². The molecule has 0 saturated carbocycles. The lowest BCUT2D eigenvalue weighted by Gasteiger charge is -2.35. The van der Waals surface area contributed by atoms with E-state index in [-0.39, 0.29) is 72.0 Å². The van der Waals surface area contributed by atoms with Crippen molar-refractivity contribution in [2.75, 3.05) is 76.4 Å². The molecule has 14 nitrogen and oxygen atoms in total. The Morgan fingerprint density at radius 1 is 1.07 bits per heavy atom. The number of aromatic nitrogens is 3. The summed E-state index contributed by atoms with van der Waals surface area (Å²) in [5.41, 5.74) is 3.58. The number of hydrogen-bond acceptors (Lipinski definition) is 12. The van der Waals surface area contributed by atoms with Gasteiger partial charge >= 0.3 is 0 Å². The minimum Gasteiger partial charge on any atom is -0.507 e. The van der Waals surface area contributed by atoms with E-state index in [0.29, 0.717) is 57.2 Å². The predicted molar refractivity (Wildman–Crippen MR) is 218 cm³/mol. The van der Waals surface area contributed by atoms with Crippen LogP contribution in [-0.2, 0) is 25.7 Å². The summed E-state index contributed by atoms with van der Waals surface area (Å²) in [7, 11) is 1.66. The number of carbonyl (C=O) groups is 3. The molecule has 306 valence electrons. The van der Waals surface area contributed by atoms with Crippen molar-refractivity contribution in [2.24, 2.45) is 0 Å². The van der Waals surface area contributed by atoms with Gasteiger partial charge in [-0.2, -0.15) is 4.98 Å². The van der Waals surface area contributed by atoms with E-state index < -0.39 is 22.9 Å². The molecule has 3 amide bonds. The van der Waals surface area contributed by atoms with E-state index in [0.717, 1.165) is 27.8 Å². The minimum atomic E-state index is -0.951. The monoisotopic (exact) mass is 836 g/mol. The van der Waals surface area contributed by atoms with Crippen molar-refractivity contribution in [1.82, 2.24) is 30.1 Å². The van der Waals surface area contributed by atoms with Gasteiger partial charge in [-0.1, -0.05) is 29.8 Å². The second-order valence-corrected chi connectivity index (χ2v) is 14.7. The number of anilines is 2. The summed E-state index contributed by atoms with van der Waals surface area (Å²) in [6.07, 6.45) is 0.687. The smallest absolute Gasteiger partial charge is 0.225 e. The maximum atomic E-state index is 16.4. The fourth-order valence-electron chi connectivity index (χ4n) is 6.54. The molecule has 0 unspecified atom stereocenters. The van der Waals surface area contributed by atoms with Crippen LogP contribution in [0, 0.1) is 18.6 Å². The highest BCUT2D eigenvalue weighted by Crippen LogP contribution is 2.42. The Hall–Kier alpha value is -5.65. The molecule has 1 fully saturated rings. The molecule has 58 heavy (non-hydrogen) atoms. The van der Waals surface area contributed by atoms with Crippen LogP contribution >= 0.6 is 22.9 Å². The molecule has 0 radical (unpaired) electrons. The standard InChI is InChI=1S/C40H43ClF2N8O6S/c1-24-38(58-23-46-24)26-7-8-27(21-44-22-52)32(19-26)57-18-17-56-16-15-49(3)33(55)9-10-45-40-47-37-28(39(48-40)51-13-11-50(12-14-51)25(2)53)20-29(41)34(36(37)43)35-30(42)5-4-6-31(35)54/h4-8,19-20,22-23,54H,9-18,21H2,1-3H3,(H,44,52)(H,45,47,48). The number of aryl methyl sites for hydroxylation is 1. The first-order chi connectivity index (χ1) is 28.0. The second kappa shape index (κ2) is 19.2. The molecule has 3 N–H and O–H groups in total. The van der Waals surface area contributed by atoms with Gasteiger partial charge in [-0.05, 0) is 36.8 Å². The number of nitrogens with one attached hydrogen (secondary N) is 2. The Bertz CT molecular complexity index is 2270. The van der Waals surface area contributed by atoms with Crippen LogP contribution in [0.4, 0.5) is 20.5 Å². The molecular formula is C40H43ClF2N8O6S. The highest BCUT2D eigenvalue weighted by atomic mass is 35.5. The third-order valence-electron chi connectivity index (χ3n) is 9.68. The maximum absolute atomic E-state index is 16.4. The van der Waals surface area contributed by atoms with Crippen LogP contribution in [0.2, 0.25) is 5.02 Å². The zero-order valence-electron chi connectivity index (χ0n) is 32.2. The zero-order valence-corrected chi connectivity index (χ0v) is 33.8. The molecule has 1 saturated heterocycles. The van der Waals surface area contributed by atoms with Gasteiger partial charge in [0, 0.05) is 82.7 Å². The summed E-state index contributed by atoms with van der Waals surface area (Å²) in [4.78, 5) is 55.5. The summed E-state index contributed by atoms with van der Waals surface area (Å²) in [5, 5.41) is 16.3.